The van der Waals surface area contributed by atoms with Crippen LogP contribution in [0.2, 0.25) is 0 Å². The zero-order valence-corrected chi connectivity index (χ0v) is 11.1. The van der Waals surface area contributed by atoms with Crippen molar-refractivity contribution in [1.82, 2.24) is 0 Å². The van der Waals surface area contributed by atoms with Crippen LogP contribution in [-0.4, -0.2) is 29.9 Å². The molecule has 0 radical (unpaired) electrons. The molecule has 0 heterocycles. The molecule has 0 aliphatic rings. The molecule has 2 N–H and O–H groups in total. The topological polar surface area (TPSA) is 43.7 Å². The third kappa shape index (κ3) is 3.68. The Morgan fingerprint density at radius 3 is 2.61 bits per heavy atom. The second-order valence-electron chi connectivity index (χ2n) is 4.42. The van der Waals surface area contributed by atoms with Crippen LogP contribution in [-0.2, 0) is 0 Å². The molecule has 0 amide bonds. The first-order valence-electron chi connectivity index (χ1n) is 6.44. The second-order valence-corrected chi connectivity index (χ2v) is 4.42. The monoisotopic (exact) mass is 255 g/mol. The molecule has 0 bridgehead atoms. The number of hydrogen-bond acceptors (Lipinski definition) is 3. The van der Waals surface area contributed by atoms with Gasteiger partial charge < -0.3 is 15.1 Å². The number of nitrogens with zero attached hydrogens (tertiary/aromatic N) is 1. The molecule has 18 heavy (non-hydrogen) atoms. The van der Waals surface area contributed by atoms with Gasteiger partial charge in [-0.25, -0.2) is 4.39 Å². The molecule has 0 saturated carbocycles. The van der Waals surface area contributed by atoms with Crippen molar-refractivity contribution >= 4 is 5.69 Å². The molecule has 0 aliphatic carbocycles. The Labute approximate surface area is 108 Å². The average molecular weight is 255 g/mol. The molecular formula is C14H22FNO2. The average Bonchev–Trinajstić information content (AvgIpc) is 2.34. The van der Waals surface area contributed by atoms with E-state index in [0.29, 0.717) is 24.3 Å². The number of anilines is 1. The van der Waals surface area contributed by atoms with Gasteiger partial charge in [-0.1, -0.05) is 25.5 Å². The van der Waals surface area contributed by atoms with Crippen molar-refractivity contribution in [3.8, 4) is 0 Å². The zero-order chi connectivity index (χ0) is 13.5. The number of unbranched alkanes of at least 4 members (excludes halogenated alkanes) is 1. The maximum absolute atomic E-state index is 14.0. The Kier molecular flexibility index (Phi) is 6.09. The van der Waals surface area contributed by atoms with E-state index in [1.54, 1.807) is 24.0 Å². The summed E-state index contributed by atoms with van der Waals surface area (Å²) < 4.78 is 14.0. The quantitative estimate of drug-likeness (QED) is 0.786. The van der Waals surface area contributed by atoms with E-state index in [1.165, 1.54) is 6.07 Å². The van der Waals surface area contributed by atoms with Crippen LogP contribution in [0.3, 0.4) is 0 Å². The molecule has 0 spiro atoms. The maximum Gasteiger partial charge on any atom is 0.146 e. The van der Waals surface area contributed by atoms with Gasteiger partial charge in [0.1, 0.15) is 5.82 Å². The SMILES string of the molecule is CCCCN(CCO)c1c(F)cccc1[C@@H](C)O. The standard InChI is InChI=1S/C14H22FNO2/c1-3-4-8-16(9-10-17)14-12(11(2)18)6-5-7-13(14)15/h5-7,11,17-18H,3-4,8-10H2,1-2H3/t11-/m1/s1. The van der Waals surface area contributed by atoms with Crippen LogP contribution >= 0.6 is 0 Å². The summed E-state index contributed by atoms with van der Waals surface area (Å²) in [6, 6.07) is 4.70. The van der Waals surface area contributed by atoms with Crippen LogP contribution in [0.1, 0.15) is 38.4 Å². The normalized spacial score (nSPS) is 12.5. The summed E-state index contributed by atoms with van der Waals surface area (Å²) in [5.74, 6) is -0.349. The molecule has 102 valence electrons. The highest BCUT2D eigenvalue weighted by Crippen LogP contribution is 2.29. The number of aliphatic hydroxyl groups is 2. The van der Waals surface area contributed by atoms with Gasteiger partial charge in [-0.05, 0) is 19.4 Å². The van der Waals surface area contributed by atoms with Gasteiger partial charge in [0.25, 0.3) is 0 Å². The van der Waals surface area contributed by atoms with Gasteiger partial charge in [0.2, 0.25) is 0 Å². The molecule has 0 unspecified atom stereocenters. The van der Waals surface area contributed by atoms with Gasteiger partial charge in [-0.3, -0.25) is 0 Å². The van der Waals surface area contributed by atoms with E-state index >= 15 is 0 Å². The molecule has 0 aliphatic heterocycles. The van der Waals surface area contributed by atoms with Crippen LogP contribution in [0, 0.1) is 5.82 Å². The van der Waals surface area contributed by atoms with Gasteiger partial charge >= 0.3 is 0 Å². The van der Waals surface area contributed by atoms with Crippen molar-refractivity contribution in [3.05, 3.63) is 29.6 Å². The summed E-state index contributed by atoms with van der Waals surface area (Å²) in [6.07, 6.45) is 1.20. The first kappa shape index (κ1) is 14.9. The van der Waals surface area contributed by atoms with Crippen molar-refractivity contribution in [1.29, 1.82) is 0 Å². The first-order chi connectivity index (χ1) is 8.61. The molecule has 1 rings (SSSR count). The molecule has 0 saturated heterocycles. The summed E-state index contributed by atoms with van der Waals surface area (Å²) >= 11 is 0. The van der Waals surface area contributed by atoms with E-state index in [4.69, 9.17) is 5.11 Å². The van der Waals surface area contributed by atoms with Gasteiger partial charge in [0.15, 0.2) is 0 Å². The largest absolute Gasteiger partial charge is 0.395 e. The van der Waals surface area contributed by atoms with Crippen LogP contribution < -0.4 is 4.90 Å². The van der Waals surface area contributed by atoms with Crippen molar-refractivity contribution in [3.63, 3.8) is 0 Å². The highest BCUT2D eigenvalue weighted by molar-refractivity contribution is 5.55. The lowest BCUT2D eigenvalue weighted by Gasteiger charge is -2.27. The predicted molar refractivity (Wildman–Crippen MR) is 71.2 cm³/mol. The van der Waals surface area contributed by atoms with Gasteiger partial charge in [0, 0.05) is 18.7 Å². The molecule has 0 fully saturated rings. The molecule has 1 aromatic carbocycles. The van der Waals surface area contributed by atoms with E-state index < -0.39 is 6.10 Å². The van der Waals surface area contributed by atoms with Crippen LogP contribution in [0.5, 0.6) is 0 Å². The Morgan fingerprint density at radius 1 is 1.33 bits per heavy atom. The van der Waals surface area contributed by atoms with Crippen LogP contribution in [0.25, 0.3) is 0 Å². The Bertz CT molecular complexity index is 369. The molecule has 0 aromatic heterocycles. The minimum absolute atomic E-state index is 0.0305. The lowest BCUT2D eigenvalue weighted by atomic mass is 10.1. The number of para-hydroxylation sites is 1. The van der Waals surface area contributed by atoms with Crippen molar-refractivity contribution < 1.29 is 14.6 Å². The van der Waals surface area contributed by atoms with Gasteiger partial charge in [-0.2, -0.15) is 0 Å². The van der Waals surface area contributed by atoms with E-state index in [-0.39, 0.29) is 12.4 Å². The molecule has 1 aromatic rings. The summed E-state index contributed by atoms with van der Waals surface area (Å²) in [4.78, 5) is 1.81. The van der Waals surface area contributed by atoms with Crippen molar-refractivity contribution in [2.75, 3.05) is 24.6 Å². The van der Waals surface area contributed by atoms with Gasteiger partial charge in [-0.15, -0.1) is 0 Å². The number of hydrogen-bond donors (Lipinski definition) is 2. The Morgan fingerprint density at radius 2 is 2.06 bits per heavy atom. The van der Waals surface area contributed by atoms with Crippen LogP contribution in [0.15, 0.2) is 18.2 Å². The third-order valence-electron chi connectivity index (χ3n) is 2.94. The summed E-state index contributed by atoms with van der Waals surface area (Å²) in [7, 11) is 0. The number of aliphatic hydroxyl groups excluding tert-OH is 2. The fourth-order valence-corrected chi connectivity index (χ4v) is 2.01. The van der Waals surface area contributed by atoms with E-state index in [1.807, 2.05) is 0 Å². The number of rotatable bonds is 7. The summed E-state index contributed by atoms with van der Waals surface area (Å²) in [5, 5.41) is 18.8. The minimum Gasteiger partial charge on any atom is -0.395 e. The highest BCUT2D eigenvalue weighted by Gasteiger charge is 2.18. The predicted octanol–water partition coefficient (Wildman–Crippen LogP) is 2.48. The Balaban J connectivity index is 3.08. The first-order valence-corrected chi connectivity index (χ1v) is 6.44. The fraction of sp³-hybridized carbons (Fsp3) is 0.571. The van der Waals surface area contributed by atoms with Crippen LogP contribution in [0.4, 0.5) is 10.1 Å². The molecule has 1 atom stereocenters. The van der Waals surface area contributed by atoms with E-state index in [9.17, 15) is 9.50 Å². The minimum atomic E-state index is -0.724. The molecule has 3 nitrogen and oxygen atoms in total. The molecular weight excluding hydrogens is 233 g/mol. The smallest absolute Gasteiger partial charge is 0.146 e. The fourth-order valence-electron chi connectivity index (χ4n) is 2.01. The third-order valence-corrected chi connectivity index (χ3v) is 2.94. The lowest BCUT2D eigenvalue weighted by Crippen LogP contribution is -2.30. The molecule has 4 heteroatoms. The van der Waals surface area contributed by atoms with E-state index in [0.717, 1.165) is 12.8 Å². The number of halogens is 1. The number of benzene rings is 1. The van der Waals surface area contributed by atoms with Crippen molar-refractivity contribution in [2.24, 2.45) is 0 Å². The second kappa shape index (κ2) is 7.34. The lowest BCUT2D eigenvalue weighted by molar-refractivity contribution is 0.199. The van der Waals surface area contributed by atoms with Crippen molar-refractivity contribution in [2.45, 2.75) is 32.8 Å². The highest BCUT2D eigenvalue weighted by atomic mass is 19.1. The van der Waals surface area contributed by atoms with E-state index in [2.05, 4.69) is 6.92 Å². The van der Waals surface area contributed by atoms with Gasteiger partial charge in [0.05, 0.1) is 18.4 Å². The summed E-state index contributed by atoms with van der Waals surface area (Å²) in [6.45, 7) is 4.71. The zero-order valence-electron chi connectivity index (χ0n) is 11.1. The maximum atomic E-state index is 14.0. The summed E-state index contributed by atoms with van der Waals surface area (Å²) in [5.41, 5.74) is 0.981. The Hall–Kier alpha value is -1.13.